The van der Waals surface area contributed by atoms with Gasteiger partial charge in [0, 0.05) is 29.1 Å². The molecular weight excluding hydrogens is 629 g/mol. The van der Waals surface area contributed by atoms with Crippen molar-refractivity contribution in [1.29, 1.82) is 0 Å². The molecule has 13 nitrogen and oxygen atoms in total. The molecule has 3 aromatic rings. The van der Waals surface area contributed by atoms with Crippen LogP contribution in [0.5, 0.6) is 5.75 Å². The number of phenols is 1. The van der Waals surface area contributed by atoms with Crippen molar-refractivity contribution in [2.75, 3.05) is 18.1 Å². The van der Waals surface area contributed by atoms with Crippen LogP contribution in [0, 0.1) is 12.8 Å². The van der Waals surface area contributed by atoms with E-state index >= 15 is 0 Å². The van der Waals surface area contributed by atoms with Crippen LogP contribution in [0.4, 0.5) is 0 Å². The summed E-state index contributed by atoms with van der Waals surface area (Å²) in [6.45, 7) is 2.33. The molecule has 1 aromatic carbocycles. The number of aromatic nitrogens is 4. The molecule has 7 rings (SSSR count). The summed E-state index contributed by atoms with van der Waals surface area (Å²) in [6.07, 6.45) is 2.31. The number of aromatic hydroxyl groups is 1. The quantitative estimate of drug-likeness (QED) is 0.0900. The van der Waals surface area contributed by atoms with E-state index in [1.807, 2.05) is 6.92 Å². The number of phenolic OH excluding ortho intramolecular Hbond substituents is 1. The second-order valence-corrected chi connectivity index (χ2v) is 13.1. The summed E-state index contributed by atoms with van der Waals surface area (Å²) >= 11 is 2.61. The topological polar surface area (TPSA) is 179 Å². The summed E-state index contributed by atoms with van der Waals surface area (Å²) in [5.41, 5.74) is 3.24. The van der Waals surface area contributed by atoms with Crippen LogP contribution in [0.3, 0.4) is 0 Å². The first-order chi connectivity index (χ1) is 21.2. The molecule has 3 fully saturated rings. The average Bonchev–Trinajstić information content (AvgIpc) is 3.60. The number of rotatable bonds is 8. The number of aliphatic carboxylic acids is 1. The van der Waals surface area contributed by atoms with E-state index in [-0.39, 0.29) is 64.5 Å². The number of allylic oxidation sites excluding steroid dienone is 1. The van der Waals surface area contributed by atoms with Gasteiger partial charge in [0.2, 0.25) is 11.8 Å². The Labute approximate surface area is 287 Å². The zero-order chi connectivity index (χ0) is 30.7. The number of thioether (sulfide) groups is 2. The number of β-lactam (4-membered cyclic amide) rings is 1. The molecule has 228 valence electrons. The van der Waals surface area contributed by atoms with Crippen molar-refractivity contribution < 1.29 is 29.4 Å². The first-order valence-electron chi connectivity index (χ1n) is 14.1. The van der Waals surface area contributed by atoms with Crippen LogP contribution in [0.1, 0.15) is 25.0 Å². The van der Waals surface area contributed by atoms with Gasteiger partial charge in [-0.15, -0.1) is 16.9 Å². The van der Waals surface area contributed by atoms with E-state index in [1.165, 1.54) is 28.4 Å². The number of benzene rings is 1. The number of carboxylic acid groups (broad SMARTS) is 1. The van der Waals surface area contributed by atoms with Crippen molar-refractivity contribution in [3.63, 3.8) is 0 Å². The first kappa shape index (κ1) is 31.6. The van der Waals surface area contributed by atoms with E-state index < -0.39 is 23.3 Å². The molecule has 2 saturated heterocycles. The summed E-state index contributed by atoms with van der Waals surface area (Å²) in [6, 6.07) is 7.41. The van der Waals surface area contributed by atoms with Gasteiger partial charge < -0.3 is 20.8 Å². The molecule has 1 saturated carbocycles. The van der Waals surface area contributed by atoms with E-state index in [1.54, 1.807) is 34.8 Å². The van der Waals surface area contributed by atoms with Gasteiger partial charge >= 0.3 is 35.5 Å². The van der Waals surface area contributed by atoms with Crippen LogP contribution in [-0.2, 0) is 19.2 Å². The van der Waals surface area contributed by atoms with Crippen molar-refractivity contribution in [2.45, 2.75) is 42.6 Å². The van der Waals surface area contributed by atoms with E-state index in [4.69, 9.17) is 0 Å². The Morgan fingerprint density at radius 1 is 1.18 bits per heavy atom. The third-order valence-electron chi connectivity index (χ3n) is 7.94. The third-order valence-corrected chi connectivity index (χ3v) is 10.2. The van der Waals surface area contributed by atoms with Gasteiger partial charge in [0.05, 0.1) is 5.75 Å². The number of nitrogens with one attached hydrogen (secondary N) is 2. The first-order valence-corrected chi connectivity index (χ1v) is 16.1. The van der Waals surface area contributed by atoms with Gasteiger partial charge in [0.25, 0.3) is 11.7 Å². The van der Waals surface area contributed by atoms with Gasteiger partial charge in [-0.05, 0) is 73.6 Å². The fraction of sp³-hybridized carbons (Fsp3) is 0.345. The Morgan fingerprint density at radius 3 is 2.60 bits per heavy atom. The second-order valence-electron chi connectivity index (χ2n) is 11.0. The minimum absolute atomic E-state index is 0. The summed E-state index contributed by atoms with van der Waals surface area (Å²) in [5.74, 6) is -0.900. The monoisotopic (exact) mass is 657 g/mol. The predicted molar refractivity (Wildman–Crippen MR) is 168 cm³/mol. The third kappa shape index (κ3) is 5.87. The van der Waals surface area contributed by atoms with Gasteiger partial charge in [0.15, 0.2) is 5.82 Å². The number of aryl methyl sites for hydroxylation is 1. The molecule has 0 radical (unpaired) electrons. The maximum atomic E-state index is 13.3. The molecule has 3 amide bonds. The van der Waals surface area contributed by atoms with Crippen molar-refractivity contribution in [1.82, 2.24) is 35.1 Å². The number of carbonyl (C=O) groups excluding carboxylic acids is 3. The van der Waals surface area contributed by atoms with E-state index in [0.717, 1.165) is 18.4 Å². The maximum absolute atomic E-state index is 13.3. The summed E-state index contributed by atoms with van der Waals surface area (Å²) < 4.78 is 1.54. The predicted octanol–water partition coefficient (Wildman–Crippen LogP) is 1.21. The van der Waals surface area contributed by atoms with Crippen molar-refractivity contribution >= 4 is 82.5 Å². The molecule has 45 heavy (non-hydrogen) atoms. The summed E-state index contributed by atoms with van der Waals surface area (Å²) in [5, 5.41) is 30.0. The van der Waals surface area contributed by atoms with Gasteiger partial charge in [-0.1, -0.05) is 11.8 Å². The molecule has 2 atom stereocenters. The second kappa shape index (κ2) is 12.4. The Morgan fingerprint density at radius 2 is 1.93 bits per heavy atom. The molecule has 0 unspecified atom stereocenters. The van der Waals surface area contributed by atoms with Crippen molar-refractivity contribution in [2.24, 2.45) is 5.92 Å². The number of fused-ring (bicyclic) bond motifs is 2. The molecular formula is C29H28N7NaO6S2. The van der Waals surface area contributed by atoms with Gasteiger partial charge in [0.1, 0.15) is 27.9 Å². The number of hydrogen-bond acceptors (Lipinski definition) is 10. The van der Waals surface area contributed by atoms with Crippen molar-refractivity contribution in [3.05, 3.63) is 58.4 Å². The fourth-order valence-electron chi connectivity index (χ4n) is 5.79. The standard InChI is InChI=1S/C29H27N7O6S2.Na.H/c1-13-10-20(36-29(31-13)33-24(34-36)15-4-6-16(37)7-5-15)43-12-19(38)32-22-26(40)35-23(28(41)42)18(11-44-27(22)35)21(14-2-3-14)17-8-9-30-25(17)39;;/h4-7,10,14,22,27,37H,2-3,8-9,11-12H2,1H3,(H,30,39)(H,32,38)(H,41,42);;/t22-,27-;;/m1../s1. The number of nitrogens with zero attached hydrogens (tertiary/aromatic N) is 5. The molecule has 16 heteroatoms. The Kier molecular flexibility index (Phi) is 8.73. The number of amides is 3. The summed E-state index contributed by atoms with van der Waals surface area (Å²) in [4.78, 5) is 61.5. The number of carbonyl (C=O) groups is 4. The van der Waals surface area contributed by atoms with Crippen molar-refractivity contribution in [3.8, 4) is 17.1 Å². The molecule has 2 aromatic heterocycles. The number of hydrogen-bond donors (Lipinski definition) is 4. The Hall–Kier alpha value is -3.37. The SMILES string of the molecule is Cc1cc(SCC(=O)N[C@@H]2C(=O)N3C(C(=O)O)=C(C(=C4CCNC4=O)C4CC4)CS[C@H]23)n2nc(-c3ccc(O)cc3)nc2n1.[NaH]. The molecule has 5 heterocycles. The zero-order valence-corrected chi connectivity index (χ0v) is 25.1. The molecule has 0 spiro atoms. The average molecular weight is 658 g/mol. The molecule has 1 aliphatic carbocycles. The molecule has 0 bridgehead atoms. The minimum atomic E-state index is -1.22. The van der Waals surface area contributed by atoms with E-state index in [9.17, 15) is 29.4 Å². The summed E-state index contributed by atoms with van der Waals surface area (Å²) in [7, 11) is 0. The normalized spacial score (nSPS) is 22.0. The van der Waals surface area contributed by atoms with Crippen LogP contribution >= 0.6 is 23.5 Å². The van der Waals surface area contributed by atoms with Crippen LogP contribution in [-0.4, -0.2) is 117 Å². The molecule has 4 N–H and O–H groups in total. The fourth-order valence-corrected chi connectivity index (χ4v) is 8.02. The zero-order valence-electron chi connectivity index (χ0n) is 23.4. The van der Waals surface area contributed by atoms with E-state index in [0.29, 0.717) is 57.8 Å². The van der Waals surface area contributed by atoms with E-state index in [2.05, 4.69) is 25.7 Å². The van der Waals surface area contributed by atoms with Crippen LogP contribution in [0.15, 0.2) is 57.8 Å². The Balaban J connectivity index is 0.00000357. The van der Waals surface area contributed by atoms with Crippen LogP contribution in [0.2, 0.25) is 0 Å². The van der Waals surface area contributed by atoms with Crippen LogP contribution < -0.4 is 10.6 Å². The molecule has 4 aliphatic rings. The van der Waals surface area contributed by atoms with Gasteiger partial charge in [-0.3, -0.25) is 19.3 Å². The van der Waals surface area contributed by atoms with Crippen LogP contribution in [0.25, 0.3) is 17.2 Å². The molecule has 3 aliphatic heterocycles. The Bertz CT molecular complexity index is 1820. The number of carboxylic acids is 1. The van der Waals surface area contributed by atoms with Gasteiger partial charge in [-0.2, -0.15) is 9.50 Å². The van der Waals surface area contributed by atoms with Gasteiger partial charge in [-0.25, -0.2) is 9.78 Å².